The van der Waals surface area contributed by atoms with E-state index in [4.69, 9.17) is 11.6 Å². The molecule has 16 heavy (non-hydrogen) atoms. The molecule has 0 N–H and O–H groups in total. The SMILES string of the molecule is Clc1cccc(-c2ccn3ccccc23)c1. The number of benzene rings is 1. The standard InChI is InChI=1S/C14H10ClN/c15-12-5-3-4-11(10-12)13-7-9-16-8-2-1-6-14(13)16/h1-10H. The summed E-state index contributed by atoms with van der Waals surface area (Å²) < 4.78 is 2.11. The fourth-order valence-corrected chi connectivity index (χ4v) is 2.14. The van der Waals surface area contributed by atoms with E-state index in [0.717, 1.165) is 10.6 Å². The molecule has 78 valence electrons. The van der Waals surface area contributed by atoms with Gasteiger partial charge in [0.15, 0.2) is 0 Å². The van der Waals surface area contributed by atoms with Gasteiger partial charge in [-0.3, -0.25) is 0 Å². The zero-order valence-electron chi connectivity index (χ0n) is 8.60. The molecule has 0 saturated heterocycles. The van der Waals surface area contributed by atoms with E-state index in [0.29, 0.717) is 0 Å². The molecular formula is C14H10ClN. The molecule has 0 saturated carbocycles. The van der Waals surface area contributed by atoms with Gasteiger partial charge in [0.1, 0.15) is 0 Å². The van der Waals surface area contributed by atoms with E-state index < -0.39 is 0 Å². The average molecular weight is 228 g/mol. The Bertz CT molecular complexity index is 640. The lowest BCUT2D eigenvalue weighted by Crippen LogP contribution is -1.80. The first-order valence-electron chi connectivity index (χ1n) is 5.16. The van der Waals surface area contributed by atoms with Crippen LogP contribution in [0.1, 0.15) is 0 Å². The molecule has 2 heteroatoms. The van der Waals surface area contributed by atoms with Gasteiger partial charge in [-0.25, -0.2) is 0 Å². The van der Waals surface area contributed by atoms with Crippen LogP contribution in [0.4, 0.5) is 0 Å². The third kappa shape index (κ3) is 1.50. The molecule has 3 aromatic rings. The number of hydrogen-bond donors (Lipinski definition) is 0. The van der Waals surface area contributed by atoms with E-state index in [1.807, 2.05) is 36.5 Å². The lowest BCUT2D eigenvalue weighted by atomic mass is 10.1. The topological polar surface area (TPSA) is 4.41 Å². The van der Waals surface area contributed by atoms with Crippen molar-refractivity contribution >= 4 is 17.1 Å². The van der Waals surface area contributed by atoms with E-state index in [9.17, 15) is 0 Å². The molecule has 0 aliphatic rings. The molecule has 0 aliphatic heterocycles. The van der Waals surface area contributed by atoms with Crippen molar-refractivity contribution < 1.29 is 0 Å². The summed E-state index contributed by atoms with van der Waals surface area (Å²) in [6.07, 6.45) is 4.11. The summed E-state index contributed by atoms with van der Waals surface area (Å²) in [5, 5.41) is 0.771. The van der Waals surface area contributed by atoms with Gasteiger partial charge in [-0.2, -0.15) is 0 Å². The van der Waals surface area contributed by atoms with Gasteiger partial charge >= 0.3 is 0 Å². The van der Waals surface area contributed by atoms with Crippen LogP contribution in [0.15, 0.2) is 60.9 Å². The van der Waals surface area contributed by atoms with Crippen LogP contribution in [-0.2, 0) is 0 Å². The molecule has 0 unspecified atom stereocenters. The van der Waals surface area contributed by atoms with Crippen molar-refractivity contribution in [1.29, 1.82) is 0 Å². The van der Waals surface area contributed by atoms with Crippen LogP contribution in [0.5, 0.6) is 0 Å². The van der Waals surface area contributed by atoms with E-state index in [1.54, 1.807) is 0 Å². The quantitative estimate of drug-likeness (QED) is 0.585. The van der Waals surface area contributed by atoms with Crippen LogP contribution in [0, 0.1) is 0 Å². The van der Waals surface area contributed by atoms with E-state index in [2.05, 4.69) is 28.8 Å². The third-order valence-corrected chi connectivity index (χ3v) is 2.94. The molecule has 0 radical (unpaired) electrons. The Hall–Kier alpha value is -1.73. The minimum atomic E-state index is 0.771. The maximum absolute atomic E-state index is 6.01. The first-order valence-corrected chi connectivity index (χ1v) is 5.54. The first kappa shape index (κ1) is 9.49. The second kappa shape index (κ2) is 3.69. The summed E-state index contributed by atoms with van der Waals surface area (Å²) in [6.45, 7) is 0. The molecule has 0 aliphatic carbocycles. The van der Waals surface area contributed by atoms with Crippen molar-refractivity contribution in [1.82, 2.24) is 4.40 Å². The van der Waals surface area contributed by atoms with Gasteiger partial charge in [-0.15, -0.1) is 0 Å². The number of nitrogens with zero attached hydrogens (tertiary/aromatic N) is 1. The number of pyridine rings is 1. The van der Waals surface area contributed by atoms with Gasteiger partial charge in [0.2, 0.25) is 0 Å². The van der Waals surface area contributed by atoms with Gasteiger partial charge in [-0.1, -0.05) is 29.8 Å². The fraction of sp³-hybridized carbons (Fsp3) is 0. The van der Waals surface area contributed by atoms with Gasteiger partial charge in [0, 0.05) is 23.0 Å². The summed E-state index contributed by atoms with van der Waals surface area (Å²) in [5.41, 5.74) is 3.56. The highest BCUT2D eigenvalue weighted by molar-refractivity contribution is 6.30. The lowest BCUT2D eigenvalue weighted by molar-refractivity contribution is 1.20. The van der Waals surface area contributed by atoms with E-state index in [1.165, 1.54) is 11.1 Å². The van der Waals surface area contributed by atoms with Crippen molar-refractivity contribution in [3.8, 4) is 11.1 Å². The van der Waals surface area contributed by atoms with Crippen molar-refractivity contribution in [3.63, 3.8) is 0 Å². The summed E-state index contributed by atoms with van der Waals surface area (Å²) in [5.74, 6) is 0. The van der Waals surface area contributed by atoms with Gasteiger partial charge in [-0.05, 0) is 35.9 Å². The average Bonchev–Trinajstić information content (AvgIpc) is 2.72. The fourth-order valence-electron chi connectivity index (χ4n) is 1.95. The van der Waals surface area contributed by atoms with Crippen molar-refractivity contribution in [2.45, 2.75) is 0 Å². The minimum Gasteiger partial charge on any atom is -0.323 e. The van der Waals surface area contributed by atoms with Crippen LogP contribution in [0.3, 0.4) is 0 Å². The summed E-state index contributed by atoms with van der Waals surface area (Å²) in [7, 11) is 0. The van der Waals surface area contributed by atoms with Gasteiger partial charge < -0.3 is 4.40 Å². The Kier molecular flexibility index (Phi) is 2.19. The number of aromatic nitrogens is 1. The molecule has 0 spiro atoms. The number of halogens is 1. The minimum absolute atomic E-state index is 0.771. The number of hydrogen-bond acceptors (Lipinski definition) is 0. The molecular weight excluding hydrogens is 218 g/mol. The van der Waals surface area contributed by atoms with E-state index in [-0.39, 0.29) is 0 Å². The maximum atomic E-state index is 6.01. The zero-order chi connectivity index (χ0) is 11.0. The molecule has 0 amide bonds. The van der Waals surface area contributed by atoms with Crippen molar-refractivity contribution in [2.24, 2.45) is 0 Å². The predicted octanol–water partition coefficient (Wildman–Crippen LogP) is 4.26. The lowest BCUT2D eigenvalue weighted by Gasteiger charge is -2.01. The maximum Gasteiger partial charge on any atom is 0.0528 e. The van der Waals surface area contributed by atoms with Gasteiger partial charge in [0.05, 0.1) is 5.52 Å². The van der Waals surface area contributed by atoms with Crippen LogP contribution >= 0.6 is 11.6 Å². The number of rotatable bonds is 1. The Balaban J connectivity index is 2.26. The second-order valence-corrected chi connectivity index (χ2v) is 4.17. The molecule has 1 aromatic carbocycles. The molecule has 0 atom stereocenters. The third-order valence-electron chi connectivity index (χ3n) is 2.70. The van der Waals surface area contributed by atoms with E-state index >= 15 is 0 Å². The monoisotopic (exact) mass is 227 g/mol. The molecule has 3 rings (SSSR count). The molecule has 1 nitrogen and oxygen atoms in total. The zero-order valence-corrected chi connectivity index (χ0v) is 9.35. The summed E-state index contributed by atoms with van der Waals surface area (Å²) in [4.78, 5) is 0. The molecule has 0 bridgehead atoms. The Morgan fingerprint density at radius 2 is 1.81 bits per heavy atom. The normalized spacial score (nSPS) is 10.8. The largest absolute Gasteiger partial charge is 0.323 e. The second-order valence-electron chi connectivity index (χ2n) is 3.73. The smallest absolute Gasteiger partial charge is 0.0528 e. The van der Waals surface area contributed by atoms with Crippen LogP contribution in [0.25, 0.3) is 16.6 Å². The van der Waals surface area contributed by atoms with Crippen molar-refractivity contribution in [2.75, 3.05) is 0 Å². The highest BCUT2D eigenvalue weighted by atomic mass is 35.5. The van der Waals surface area contributed by atoms with Crippen molar-refractivity contribution in [3.05, 3.63) is 65.9 Å². The Morgan fingerprint density at radius 1 is 0.875 bits per heavy atom. The molecule has 2 heterocycles. The van der Waals surface area contributed by atoms with Crippen LogP contribution in [-0.4, -0.2) is 4.40 Å². The van der Waals surface area contributed by atoms with Crippen LogP contribution < -0.4 is 0 Å². The summed E-state index contributed by atoms with van der Waals surface area (Å²) in [6, 6.07) is 16.2. The molecule has 0 fully saturated rings. The van der Waals surface area contributed by atoms with Gasteiger partial charge in [0.25, 0.3) is 0 Å². The first-order chi connectivity index (χ1) is 7.84. The molecule has 2 aromatic heterocycles. The predicted molar refractivity (Wildman–Crippen MR) is 67.8 cm³/mol. The Labute approximate surface area is 98.9 Å². The number of fused-ring (bicyclic) bond motifs is 1. The summed E-state index contributed by atoms with van der Waals surface area (Å²) >= 11 is 6.01. The van der Waals surface area contributed by atoms with Crippen LogP contribution in [0.2, 0.25) is 5.02 Å². The highest BCUT2D eigenvalue weighted by Gasteiger charge is 2.04. The highest BCUT2D eigenvalue weighted by Crippen LogP contribution is 2.27. The Morgan fingerprint density at radius 3 is 2.69 bits per heavy atom.